The minimum atomic E-state index is -1.02. The molecule has 1 aromatic carbocycles. The number of carbonyl (C=O) groups is 1. The molecule has 0 aliphatic rings. The molecule has 0 saturated carbocycles. The van der Waals surface area contributed by atoms with E-state index in [1.54, 1.807) is 20.2 Å². The Hall–Kier alpha value is -3.03. The van der Waals surface area contributed by atoms with Gasteiger partial charge in [0, 0.05) is 5.69 Å². The standard InChI is InChI=1S/C15H16N6O2/c1-15(2,13(16)22)14-18-11(20-23-14)8-12-19-17-9-21(12)10-6-4-3-5-7-10/h3-7,9H,8H2,1-2H3,(H2,16,22). The van der Waals surface area contributed by atoms with Crippen molar-refractivity contribution in [2.45, 2.75) is 25.7 Å². The van der Waals surface area contributed by atoms with Crippen LogP contribution in [0.5, 0.6) is 0 Å². The number of nitrogens with zero attached hydrogens (tertiary/aromatic N) is 5. The summed E-state index contributed by atoms with van der Waals surface area (Å²) in [6.45, 7) is 3.28. The minimum absolute atomic E-state index is 0.186. The van der Waals surface area contributed by atoms with Gasteiger partial charge in [0.05, 0.1) is 6.42 Å². The molecule has 8 nitrogen and oxygen atoms in total. The second-order valence-corrected chi connectivity index (χ2v) is 5.63. The third-order valence-corrected chi connectivity index (χ3v) is 3.59. The number of benzene rings is 1. The number of primary amides is 1. The van der Waals surface area contributed by atoms with Gasteiger partial charge < -0.3 is 10.3 Å². The van der Waals surface area contributed by atoms with Gasteiger partial charge in [-0.15, -0.1) is 10.2 Å². The third kappa shape index (κ3) is 2.83. The maximum Gasteiger partial charge on any atom is 0.241 e. The molecular formula is C15H16N6O2. The first-order chi connectivity index (χ1) is 11.0. The molecule has 0 bridgehead atoms. The van der Waals surface area contributed by atoms with E-state index in [-0.39, 0.29) is 5.89 Å². The van der Waals surface area contributed by atoms with Gasteiger partial charge in [-0.25, -0.2) is 0 Å². The molecule has 0 spiro atoms. The summed E-state index contributed by atoms with van der Waals surface area (Å²) in [5.74, 6) is 0.742. The zero-order chi connectivity index (χ0) is 16.4. The summed E-state index contributed by atoms with van der Waals surface area (Å²) in [6.07, 6.45) is 1.95. The topological polar surface area (TPSA) is 113 Å². The number of aromatic nitrogens is 5. The molecule has 118 valence electrons. The van der Waals surface area contributed by atoms with Crippen molar-refractivity contribution in [1.29, 1.82) is 0 Å². The van der Waals surface area contributed by atoms with E-state index in [2.05, 4.69) is 20.3 Å². The van der Waals surface area contributed by atoms with Crippen LogP contribution in [0.1, 0.15) is 31.4 Å². The van der Waals surface area contributed by atoms with Gasteiger partial charge in [0.15, 0.2) is 5.82 Å². The Kier molecular flexibility index (Phi) is 3.65. The average Bonchev–Trinajstić information content (AvgIpc) is 3.18. The fourth-order valence-electron chi connectivity index (χ4n) is 2.01. The molecule has 1 amide bonds. The van der Waals surface area contributed by atoms with E-state index in [9.17, 15) is 4.79 Å². The van der Waals surface area contributed by atoms with Crippen molar-refractivity contribution < 1.29 is 9.32 Å². The lowest BCUT2D eigenvalue weighted by Gasteiger charge is -2.13. The molecule has 3 aromatic rings. The third-order valence-electron chi connectivity index (χ3n) is 3.59. The number of hydrogen-bond acceptors (Lipinski definition) is 6. The Morgan fingerprint density at radius 3 is 2.74 bits per heavy atom. The Morgan fingerprint density at radius 2 is 2.04 bits per heavy atom. The predicted molar refractivity (Wildman–Crippen MR) is 80.7 cm³/mol. The zero-order valence-electron chi connectivity index (χ0n) is 12.8. The zero-order valence-corrected chi connectivity index (χ0v) is 12.8. The van der Waals surface area contributed by atoms with E-state index in [4.69, 9.17) is 10.3 Å². The van der Waals surface area contributed by atoms with E-state index < -0.39 is 11.3 Å². The molecule has 0 aliphatic carbocycles. The highest BCUT2D eigenvalue weighted by Crippen LogP contribution is 2.21. The van der Waals surface area contributed by atoms with Gasteiger partial charge in [0.25, 0.3) is 0 Å². The first kappa shape index (κ1) is 14.9. The molecule has 0 saturated heterocycles. The highest BCUT2D eigenvalue weighted by Gasteiger charge is 2.34. The number of rotatable bonds is 5. The fourth-order valence-corrected chi connectivity index (χ4v) is 2.01. The first-order valence-corrected chi connectivity index (χ1v) is 7.06. The Balaban J connectivity index is 1.86. The largest absolute Gasteiger partial charge is 0.369 e. The van der Waals surface area contributed by atoms with Gasteiger partial charge in [-0.3, -0.25) is 9.36 Å². The van der Waals surface area contributed by atoms with Crippen LogP contribution in [0.3, 0.4) is 0 Å². The molecule has 0 radical (unpaired) electrons. The van der Waals surface area contributed by atoms with Crippen molar-refractivity contribution in [3.8, 4) is 5.69 Å². The number of amides is 1. The first-order valence-electron chi connectivity index (χ1n) is 7.06. The Bertz CT molecular complexity index is 821. The summed E-state index contributed by atoms with van der Waals surface area (Å²) in [7, 11) is 0. The van der Waals surface area contributed by atoms with Crippen LogP contribution < -0.4 is 5.73 Å². The predicted octanol–water partition coefficient (Wildman–Crippen LogP) is 1.00. The second kappa shape index (κ2) is 5.64. The number of carbonyl (C=O) groups excluding carboxylic acids is 1. The van der Waals surface area contributed by atoms with Gasteiger partial charge in [-0.2, -0.15) is 4.98 Å². The van der Waals surface area contributed by atoms with Gasteiger partial charge in [-0.05, 0) is 26.0 Å². The molecule has 3 rings (SSSR count). The number of hydrogen-bond donors (Lipinski definition) is 1. The van der Waals surface area contributed by atoms with Crippen LogP contribution in [0.4, 0.5) is 0 Å². The van der Waals surface area contributed by atoms with E-state index in [1.165, 1.54) is 0 Å². The van der Waals surface area contributed by atoms with E-state index in [0.29, 0.717) is 18.1 Å². The lowest BCUT2D eigenvalue weighted by atomic mass is 9.93. The van der Waals surface area contributed by atoms with Crippen molar-refractivity contribution in [3.05, 3.63) is 54.2 Å². The summed E-state index contributed by atoms with van der Waals surface area (Å²) in [4.78, 5) is 15.7. The van der Waals surface area contributed by atoms with Crippen molar-refractivity contribution in [1.82, 2.24) is 24.9 Å². The maximum absolute atomic E-state index is 11.5. The average molecular weight is 312 g/mol. The van der Waals surface area contributed by atoms with Crippen LogP contribution in [0.15, 0.2) is 41.2 Å². The van der Waals surface area contributed by atoms with Crippen molar-refractivity contribution in [3.63, 3.8) is 0 Å². The van der Waals surface area contributed by atoms with Crippen molar-refractivity contribution in [2.75, 3.05) is 0 Å². The van der Waals surface area contributed by atoms with Gasteiger partial charge in [0.2, 0.25) is 11.8 Å². The maximum atomic E-state index is 11.5. The van der Waals surface area contributed by atoms with Crippen LogP contribution in [0.25, 0.3) is 5.69 Å². The molecule has 0 aliphatic heterocycles. The Morgan fingerprint density at radius 1 is 1.30 bits per heavy atom. The highest BCUT2D eigenvalue weighted by molar-refractivity contribution is 5.84. The summed E-state index contributed by atoms with van der Waals surface area (Å²) < 4.78 is 7.01. The van der Waals surface area contributed by atoms with Crippen LogP contribution in [0.2, 0.25) is 0 Å². The molecule has 8 heteroatoms. The summed E-state index contributed by atoms with van der Waals surface area (Å²) in [5.41, 5.74) is 5.28. The number of nitrogens with two attached hydrogens (primary N) is 1. The van der Waals surface area contributed by atoms with E-state index in [1.807, 2.05) is 34.9 Å². The summed E-state index contributed by atoms with van der Waals surface area (Å²) in [6, 6.07) is 9.70. The lowest BCUT2D eigenvalue weighted by Crippen LogP contribution is -2.35. The molecular weight excluding hydrogens is 296 g/mol. The molecule has 23 heavy (non-hydrogen) atoms. The molecule has 2 aromatic heterocycles. The normalized spacial score (nSPS) is 11.6. The fraction of sp³-hybridized carbons (Fsp3) is 0.267. The van der Waals surface area contributed by atoms with E-state index in [0.717, 1.165) is 5.69 Å². The van der Waals surface area contributed by atoms with Crippen molar-refractivity contribution >= 4 is 5.91 Å². The van der Waals surface area contributed by atoms with Crippen molar-refractivity contribution in [2.24, 2.45) is 5.73 Å². The quantitative estimate of drug-likeness (QED) is 0.752. The SMILES string of the molecule is CC(C)(C(N)=O)c1nc(Cc2nncn2-c2ccccc2)no1. The summed E-state index contributed by atoms with van der Waals surface area (Å²) >= 11 is 0. The van der Waals surface area contributed by atoms with Crippen LogP contribution in [-0.4, -0.2) is 30.8 Å². The lowest BCUT2D eigenvalue weighted by molar-refractivity contribution is -0.123. The number of para-hydroxylation sites is 1. The molecule has 0 atom stereocenters. The van der Waals surface area contributed by atoms with Gasteiger partial charge >= 0.3 is 0 Å². The van der Waals surface area contributed by atoms with Crippen LogP contribution in [0, 0.1) is 0 Å². The monoisotopic (exact) mass is 312 g/mol. The smallest absolute Gasteiger partial charge is 0.241 e. The Labute approximate surface area is 132 Å². The van der Waals surface area contributed by atoms with Crippen LogP contribution in [-0.2, 0) is 16.6 Å². The molecule has 2 N–H and O–H groups in total. The molecule has 2 heterocycles. The minimum Gasteiger partial charge on any atom is -0.369 e. The molecule has 0 unspecified atom stereocenters. The van der Waals surface area contributed by atoms with Crippen LogP contribution >= 0.6 is 0 Å². The molecule has 0 fully saturated rings. The van der Waals surface area contributed by atoms with Gasteiger partial charge in [0.1, 0.15) is 17.6 Å². The second-order valence-electron chi connectivity index (χ2n) is 5.63. The highest BCUT2D eigenvalue weighted by atomic mass is 16.5. The summed E-state index contributed by atoms with van der Waals surface area (Å²) in [5, 5.41) is 11.9. The van der Waals surface area contributed by atoms with E-state index >= 15 is 0 Å². The van der Waals surface area contributed by atoms with Gasteiger partial charge in [-0.1, -0.05) is 23.4 Å².